The Morgan fingerprint density at radius 2 is 2.20 bits per heavy atom. The molecule has 1 aliphatic carbocycles. The molecule has 134 valence electrons. The number of hydrogen-bond acceptors (Lipinski definition) is 5. The third kappa shape index (κ3) is 4.76. The largest absolute Gasteiger partial charge is 0.411 e. The lowest BCUT2D eigenvalue weighted by molar-refractivity contribution is -0.120. The molecule has 5 nitrogen and oxygen atoms in total. The molecule has 7 heteroatoms. The van der Waals surface area contributed by atoms with E-state index in [1.165, 1.54) is 24.6 Å². The van der Waals surface area contributed by atoms with Crippen molar-refractivity contribution in [1.82, 2.24) is 15.5 Å². The predicted octanol–water partition coefficient (Wildman–Crippen LogP) is 4.42. The van der Waals surface area contributed by atoms with Crippen LogP contribution in [-0.2, 0) is 4.79 Å². The maximum atomic E-state index is 12.2. The molecule has 0 aliphatic heterocycles. The van der Waals surface area contributed by atoms with Crippen molar-refractivity contribution >= 4 is 29.3 Å². The summed E-state index contributed by atoms with van der Waals surface area (Å²) in [4.78, 5) is 12.2. The van der Waals surface area contributed by atoms with Crippen molar-refractivity contribution in [2.75, 3.05) is 5.75 Å². The highest BCUT2D eigenvalue weighted by Gasteiger charge is 2.28. The van der Waals surface area contributed by atoms with E-state index >= 15 is 0 Å². The highest BCUT2D eigenvalue weighted by Crippen LogP contribution is 2.30. The first-order chi connectivity index (χ1) is 12.0. The van der Waals surface area contributed by atoms with Crippen molar-refractivity contribution < 1.29 is 9.21 Å². The van der Waals surface area contributed by atoms with E-state index in [4.69, 9.17) is 16.0 Å². The number of nitrogens with one attached hydrogen (secondary N) is 1. The smallest absolute Gasteiger partial charge is 0.277 e. The summed E-state index contributed by atoms with van der Waals surface area (Å²) in [5, 5.41) is 12.2. The van der Waals surface area contributed by atoms with Crippen LogP contribution in [0.2, 0.25) is 5.02 Å². The molecule has 0 radical (unpaired) electrons. The number of rotatable bonds is 5. The zero-order valence-electron chi connectivity index (χ0n) is 14.4. The quantitative estimate of drug-likeness (QED) is 0.778. The lowest BCUT2D eigenvalue weighted by Gasteiger charge is -2.34. The Labute approximate surface area is 156 Å². The maximum absolute atomic E-state index is 12.2. The van der Waals surface area contributed by atoms with Gasteiger partial charge in [-0.25, -0.2) is 0 Å². The van der Waals surface area contributed by atoms with Crippen LogP contribution >= 0.6 is 23.4 Å². The zero-order valence-corrected chi connectivity index (χ0v) is 15.9. The Morgan fingerprint density at radius 1 is 1.36 bits per heavy atom. The lowest BCUT2D eigenvalue weighted by atomic mass is 9.78. The van der Waals surface area contributed by atoms with Crippen LogP contribution in [0.1, 0.15) is 33.1 Å². The van der Waals surface area contributed by atoms with Gasteiger partial charge in [0.25, 0.3) is 5.22 Å². The van der Waals surface area contributed by atoms with E-state index in [0.29, 0.717) is 28.0 Å². The van der Waals surface area contributed by atoms with E-state index in [1.807, 2.05) is 12.1 Å². The first kappa shape index (κ1) is 18.3. The minimum absolute atomic E-state index is 0.0125. The Balaban J connectivity index is 1.53. The summed E-state index contributed by atoms with van der Waals surface area (Å²) < 4.78 is 5.61. The summed E-state index contributed by atoms with van der Waals surface area (Å²) in [5.74, 6) is 1.86. The van der Waals surface area contributed by atoms with Gasteiger partial charge in [-0.3, -0.25) is 4.79 Å². The molecule has 1 aromatic carbocycles. The molecule has 1 N–H and O–H groups in total. The van der Waals surface area contributed by atoms with Crippen LogP contribution in [0.4, 0.5) is 0 Å². The maximum Gasteiger partial charge on any atom is 0.277 e. The monoisotopic (exact) mass is 379 g/mol. The number of benzene rings is 1. The molecule has 3 rings (SSSR count). The summed E-state index contributed by atoms with van der Waals surface area (Å²) in [6.45, 7) is 4.48. The standard InChI is InChI=1S/C18H22ClN3O2S/c1-11-5-3-8-15(12(11)2)20-16(23)10-25-18-22-21-17(24-18)13-6-4-7-14(19)9-13/h4,6-7,9,11-12,15H,3,5,8,10H2,1-2H3,(H,20,23)/t11-,12-,15-/m1/s1. The molecule has 1 aliphatic rings. The molecule has 3 atom stereocenters. The molecule has 1 aromatic heterocycles. The van der Waals surface area contributed by atoms with E-state index < -0.39 is 0 Å². The van der Waals surface area contributed by atoms with Crippen LogP contribution in [-0.4, -0.2) is 27.9 Å². The van der Waals surface area contributed by atoms with Crippen LogP contribution < -0.4 is 5.32 Å². The van der Waals surface area contributed by atoms with Gasteiger partial charge in [0.15, 0.2) is 0 Å². The number of nitrogens with zero attached hydrogens (tertiary/aromatic N) is 2. The Bertz CT molecular complexity index is 737. The predicted molar refractivity (Wildman–Crippen MR) is 99.6 cm³/mol. The van der Waals surface area contributed by atoms with E-state index in [2.05, 4.69) is 29.4 Å². The van der Waals surface area contributed by atoms with E-state index in [1.54, 1.807) is 12.1 Å². The Morgan fingerprint density at radius 3 is 3.00 bits per heavy atom. The van der Waals surface area contributed by atoms with Gasteiger partial charge in [0.1, 0.15) is 0 Å². The number of carbonyl (C=O) groups is 1. The summed E-state index contributed by atoms with van der Waals surface area (Å²) in [5.41, 5.74) is 0.765. The second kappa shape index (κ2) is 8.23. The summed E-state index contributed by atoms with van der Waals surface area (Å²) in [6, 6.07) is 7.50. The second-order valence-corrected chi connectivity index (χ2v) is 7.98. The molecule has 2 aromatic rings. The number of carbonyl (C=O) groups excluding carboxylic acids is 1. The summed E-state index contributed by atoms with van der Waals surface area (Å²) in [7, 11) is 0. The van der Waals surface area contributed by atoms with Crippen LogP contribution in [0.25, 0.3) is 11.5 Å². The van der Waals surface area contributed by atoms with Crippen molar-refractivity contribution in [3.8, 4) is 11.5 Å². The van der Waals surface area contributed by atoms with E-state index in [9.17, 15) is 4.79 Å². The molecule has 0 spiro atoms. The number of hydrogen-bond donors (Lipinski definition) is 1. The van der Waals surface area contributed by atoms with Crippen LogP contribution in [0, 0.1) is 11.8 Å². The molecule has 1 fully saturated rings. The third-order valence-electron chi connectivity index (χ3n) is 4.86. The van der Waals surface area contributed by atoms with Crippen LogP contribution in [0.5, 0.6) is 0 Å². The molecule has 0 saturated heterocycles. The van der Waals surface area contributed by atoms with Gasteiger partial charge >= 0.3 is 0 Å². The Kier molecular flexibility index (Phi) is 6.02. The van der Waals surface area contributed by atoms with Gasteiger partial charge in [-0.15, -0.1) is 10.2 Å². The highest BCUT2D eigenvalue weighted by molar-refractivity contribution is 7.99. The molecule has 25 heavy (non-hydrogen) atoms. The van der Waals surface area contributed by atoms with Crippen LogP contribution in [0.15, 0.2) is 33.9 Å². The average Bonchev–Trinajstić information content (AvgIpc) is 3.06. The van der Waals surface area contributed by atoms with Crippen molar-refractivity contribution in [3.63, 3.8) is 0 Å². The molecule has 1 amide bonds. The van der Waals surface area contributed by atoms with Gasteiger partial charge < -0.3 is 9.73 Å². The van der Waals surface area contributed by atoms with Gasteiger partial charge in [0, 0.05) is 16.6 Å². The minimum atomic E-state index is 0.0125. The molecule has 1 saturated carbocycles. The van der Waals surface area contributed by atoms with Crippen molar-refractivity contribution in [2.24, 2.45) is 11.8 Å². The first-order valence-electron chi connectivity index (χ1n) is 8.54. The second-order valence-electron chi connectivity index (χ2n) is 6.61. The van der Waals surface area contributed by atoms with Gasteiger partial charge in [0.05, 0.1) is 5.75 Å². The summed E-state index contributed by atoms with van der Waals surface area (Å²) >= 11 is 7.22. The zero-order chi connectivity index (χ0) is 17.8. The first-order valence-corrected chi connectivity index (χ1v) is 9.91. The van der Waals surface area contributed by atoms with E-state index in [-0.39, 0.29) is 17.7 Å². The molecular formula is C18H22ClN3O2S. The average molecular weight is 380 g/mol. The van der Waals surface area contributed by atoms with Crippen LogP contribution in [0.3, 0.4) is 0 Å². The fraction of sp³-hybridized carbons (Fsp3) is 0.500. The van der Waals surface area contributed by atoms with Gasteiger partial charge in [-0.05, 0) is 36.5 Å². The fourth-order valence-electron chi connectivity index (χ4n) is 3.17. The fourth-order valence-corrected chi connectivity index (χ4v) is 3.93. The highest BCUT2D eigenvalue weighted by atomic mass is 35.5. The molecule has 0 bridgehead atoms. The molecule has 1 heterocycles. The molecular weight excluding hydrogens is 358 g/mol. The number of amides is 1. The topological polar surface area (TPSA) is 68.0 Å². The third-order valence-corrected chi connectivity index (χ3v) is 5.91. The molecule has 0 unspecified atom stereocenters. The number of aromatic nitrogens is 2. The van der Waals surface area contributed by atoms with E-state index in [0.717, 1.165) is 12.0 Å². The van der Waals surface area contributed by atoms with Gasteiger partial charge in [-0.2, -0.15) is 0 Å². The lowest BCUT2D eigenvalue weighted by Crippen LogP contribution is -2.44. The normalized spacial score (nSPS) is 23.4. The van der Waals surface area contributed by atoms with Crippen molar-refractivity contribution in [2.45, 2.75) is 44.4 Å². The van der Waals surface area contributed by atoms with Gasteiger partial charge in [-0.1, -0.05) is 56.1 Å². The number of halogens is 1. The SMILES string of the molecule is C[C@@H]1[C@H](C)CCC[C@H]1NC(=O)CSc1nnc(-c2cccc(Cl)c2)o1. The minimum Gasteiger partial charge on any atom is -0.411 e. The number of thioether (sulfide) groups is 1. The van der Waals surface area contributed by atoms with Gasteiger partial charge in [0.2, 0.25) is 11.8 Å². The Hall–Kier alpha value is -1.53. The van der Waals surface area contributed by atoms with Crippen molar-refractivity contribution in [1.29, 1.82) is 0 Å². The van der Waals surface area contributed by atoms with Crippen molar-refractivity contribution in [3.05, 3.63) is 29.3 Å². The summed E-state index contributed by atoms with van der Waals surface area (Å²) in [6.07, 6.45) is 3.48.